The highest BCUT2D eigenvalue weighted by Gasteiger charge is 2.15. The standard InChI is InChI=1S/C30H31N5O/c1-21(32-27(28-31-18-19-35(28)5)33-25-11-7-6-8-12-25)23-10-9-13-26(20-23)34-29(36)22-14-16-24(17-15-22)30(2,3)4/h6-20H,1H2,2-5H3,(H,32,33)(H,34,36). The first-order valence-electron chi connectivity index (χ1n) is 11.8. The molecule has 0 fully saturated rings. The first-order valence-corrected chi connectivity index (χ1v) is 11.8. The molecular formula is C30H31N5O. The third kappa shape index (κ3) is 5.96. The Hall–Kier alpha value is -4.45. The normalized spacial score (nSPS) is 11.7. The molecule has 0 aliphatic rings. The molecule has 0 aliphatic heterocycles. The summed E-state index contributed by atoms with van der Waals surface area (Å²) in [6, 6.07) is 25.0. The van der Waals surface area contributed by atoms with Crippen LogP contribution in [-0.2, 0) is 12.5 Å². The molecule has 0 spiro atoms. The van der Waals surface area contributed by atoms with Crippen LogP contribution in [0.4, 0.5) is 11.4 Å². The van der Waals surface area contributed by atoms with Crippen molar-refractivity contribution < 1.29 is 4.79 Å². The van der Waals surface area contributed by atoms with E-state index >= 15 is 0 Å². The van der Waals surface area contributed by atoms with E-state index in [1.54, 1.807) is 6.20 Å². The number of aryl methyl sites for hydroxylation is 1. The molecule has 0 radical (unpaired) electrons. The zero-order chi connectivity index (χ0) is 25.7. The first-order chi connectivity index (χ1) is 17.2. The maximum atomic E-state index is 12.8. The van der Waals surface area contributed by atoms with Gasteiger partial charge in [-0.25, -0.2) is 9.98 Å². The Labute approximate surface area is 212 Å². The van der Waals surface area contributed by atoms with Crippen molar-refractivity contribution in [2.45, 2.75) is 26.2 Å². The number of hydrogen-bond donors (Lipinski definition) is 2. The van der Waals surface area contributed by atoms with Gasteiger partial charge in [0, 0.05) is 41.9 Å². The van der Waals surface area contributed by atoms with Crippen LogP contribution < -0.4 is 10.6 Å². The van der Waals surface area contributed by atoms with Crippen molar-refractivity contribution in [2.75, 3.05) is 10.6 Å². The Kier molecular flexibility index (Phi) is 7.15. The highest BCUT2D eigenvalue weighted by Crippen LogP contribution is 2.23. The number of hydrogen-bond acceptors (Lipinski definition) is 3. The van der Waals surface area contributed by atoms with Gasteiger partial charge < -0.3 is 15.2 Å². The van der Waals surface area contributed by atoms with Crippen molar-refractivity contribution in [3.63, 3.8) is 0 Å². The molecule has 0 saturated carbocycles. The number of rotatable bonds is 6. The number of aliphatic imine (C=N–C) groups is 1. The van der Waals surface area contributed by atoms with Crippen LogP contribution in [0.1, 0.15) is 48.1 Å². The monoisotopic (exact) mass is 477 g/mol. The summed E-state index contributed by atoms with van der Waals surface area (Å²) in [5.74, 6) is 1.09. The second-order valence-corrected chi connectivity index (χ2v) is 9.62. The minimum Gasteiger partial charge on any atom is -0.337 e. The number of aromatic nitrogens is 2. The van der Waals surface area contributed by atoms with E-state index in [0.717, 1.165) is 11.3 Å². The van der Waals surface area contributed by atoms with Crippen LogP contribution in [0.25, 0.3) is 5.70 Å². The molecule has 4 aromatic rings. The van der Waals surface area contributed by atoms with Crippen LogP contribution in [-0.4, -0.2) is 21.3 Å². The van der Waals surface area contributed by atoms with Crippen LogP contribution in [0.2, 0.25) is 0 Å². The maximum absolute atomic E-state index is 12.8. The summed E-state index contributed by atoms with van der Waals surface area (Å²) in [7, 11) is 1.91. The Bertz CT molecular complexity index is 1390. The van der Waals surface area contributed by atoms with Gasteiger partial charge in [0.05, 0.1) is 5.70 Å². The number of imidazole rings is 1. The number of amides is 1. The van der Waals surface area contributed by atoms with Gasteiger partial charge >= 0.3 is 0 Å². The lowest BCUT2D eigenvalue weighted by Gasteiger charge is -2.19. The van der Waals surface area contributed by atoms with Crippen molar-refractivity contribution >= 4 is 28.8 Å². The van der Waals surface area contributed by atoms with Crippen molar-refractivity contribution in [3.8, 4) is 0 Å². The predicted molar refractivity (Wildman–Crippen MR) is 148 cm³/mol. The molecule has 4 rings (SSSR count). The maximum Gasteiger partial charge on any atom is 0.255 e. The van der Waals surface area contributed by atoms with Crippen LogP contribution in [0.15, 0.2) is 103 Å². The summed E-state index contributed by atoms with van der Waals surface area (Å²) in [5.41, 5.74) is 4.72. The van der Waals surface area contributed by atoms with Gasteiger partial charge in [0.2, 0.25) is 0 Å². The number of carbonyl (C=O) groups is 1. The molecule has 6 heteroatoms. The number of benzene rings is 3. The highest BCUT2D eigenvalue weighted by molar-refractivity contribution is 6.08. The third-order valence-electron chi connectivity index (χ3n) is 5.78. The summed E-state index contributed by atoms with van der Waals surface area (Å²) >= 11 is 0. The molecule has 6 nitrogen and oxygen atoms in total. The molecule has 0 bridgehead atoms. The fourth-order valence-electron chi connectivity index (χ4n) is 3.69. The number of nitrogens with zero attached hydrogens (tertiary/aromatic N) is 3. The Balaban J connectivity index is 1.55. The lowest BCUT2D eigenvalue weighted by Crippen LogP contribution is -2.18. The van der Waals surface area contributed by atoms with Crippen molar-refractivity contribution in [1.82, 2.24) is 9.55 Å². The average molecular weight is 478 g/mol. The average Bonchev–Trinajstić information content (AvgIpc) is 3.29. The van der Waals surface area contributed by atoms with Gasteiger partial charge in [0.1, 0.15) is 0 Å². The zero-order valence-electron chi connectivity index (χ0n) is 21.1. The van der Waals surface area contributed by atoms with Crippen LogP contribution in [0, 0.1) is 0 Å². The molecule has 1 amide bonds. The van der Waals surface area contributed by atoms with Crippen molar-refractivity contribution in [1.29, 1.82) is 0 Å². The van der Waals surface area contributed by atoms with E-state index in [1.807, 2.05) is 96.7 Å². The quantitative estimate of drug-likeness (QED) is 0.246. The number of carbonyl (C=O) groups excluding carboxylic acids is 1. The molecule has 36 heavy (non-hydrogen) atoms. The number of anilines is 2. The molecule has 0 saturated heterocycles. The summed E-state index contributed by atoms with van der Waals surface area (Å²) in [4.78, 5) is 22.1. The predicted octanol–water partition coefficient (Wildman–Crippen LogP) is 6.50. The van der Waals surface area contributed by atoms with Crippen LogP contribution in [0.5, 0.6) is 0 Å². The van der Waals surface area contributed by atoms with Gasteiger partial charge in [0.25, 0.3) is 5.91 Å². The van der Waals surface area contributed by atoms with Gasteiger partial charge in [-0.05, 0) is 47.4 Å². The van der Waals surface area contributed by atoms with E-state index in [1.165, 1.54) is 5.56 Å². The highest BCUT2D eigenvalue weighted by atomic mass is 16.1. The summed E-state index contributed by atoms with van der Waals surface area (Å²) in [6.45, 7) is 10.6. The summed E-state index contributed by atoms with van der Waals surface area (Å²) in [5, 5.41) is 6.32. The smallest absolute Gasteiger partial charge is 0.255 e. The second kappa shape index (κ2) is 10.4. The number of amidine groups is 1. The number of para-hydroxylation sites is 1. The first kappa shape index (κ1) is 24.7. The fourth-order valence-corrected chi connectivity index (χ4v) is 3.69. The third-order valence-corrected chi connectivity index (χ3v) is 5.78. The minimum absolute atomic E-state index is 0.0351. The lowest BCUT2D eigenvalue weighted by atomic mass is 9.87. The van der Waals surface area contributed by atoms with Crippen molar-refractivity contribution in [3.05, 3.63) is 120 Å². The van der Waals surface area contributed by atoms with Gasteiger partial charge in [-0.15, -0.1) is 0 Å². The second-order valence-electron chi connectivity index (χ2n) is 9.62. The molecule has 0 unspecified atom stereocenters. The summed E-state index contributed by atoms with van der Waals surface area (Å²) in [6.07, 6.45) is 3.59. The van der Waals surface area contributed by atoms with E-state index < -0.39 is 0 Å². The Morgan fingerprint density at radius 3 is 2.22 bits per heavy atom. The van der Waals surface area contributed by atoms with Crippen LogP contribution >= 0.6 is 0 Å². The van der Waals surface area contributed by atoms with E-state index in [9.17, 15) is 4.79 Å². The fraction of sp³-hybridized carbons (Fsp3) is 0.167. The van der Waals surface area contributed by atoms with E-state index in [-0.39, 0.29) is 11.3 Å². The van der Waals surface area contributed by atoms with Gasteiger partial charge in [-0.3, -0.25) is 4.79 Å². The number of nitrogens with one attached hydrogen (secondary N) is 2. The largest absolute Gasteiger partial charge is 0.337 e. The molecule has 0 aliphatic carbocycles. The molecule has 1 aromatic heterocycles. The van der Waals surface area contributed by atoms with E-state index in [4.69, 9.17) is 4.99 Å². The Morgan fingerprint density at radius 1 is 0.889 bits per heavy atom. The molecule has 1 heterocycles. The SMILES string of the molecule is C=C(/N=C(/Nc1ccccc1)c1nccn1C)c1cccc(NC(=O)c2ccc(C(C)(C)C)cc2)c1. The molecular weight excluding hydrogens is 446 g/mol. The van der Waals surface area contributed by atoms with Gasteiger partial charge in [0.15, 0.2) is 11.7 Å². The van der Waals surface area contributed by atoms with Gasteiger partial charge in [-0.1, -0.05) is 69.8 Å². The Morgan fingerprint density at radius 2 is 1.58 bits per heavy atom. The topological polar surface area (TPSA) is 71.3 Å². The summed E-state index contributed by atoms with van der Waals surface area (Å²) < 4.78 is 1.89. The molecule has 3 aromatic carbocycles. The van der Waals surface area contributed by atoms with Crippen molar-refractivity contribution in [2.24, 2.45) is 12.0 Å². The minimum atomic E-state index is -0.166. The molecule has 2 N–H and O–H groups in total. The van der Waals surface area contributed by atoms with Gasteiger partial charge in [-0.2, -0.15) is 0 Å². The van der Waals surface area contributed by atoms with Crippen LogP contribution in [0.3, 0.4) is 0 Å². The molecule has 0 atom stereocenters. The lowest BCUT2D eigenvalue weighted by molar-refractivity contribution is 0.102. The molecule has 182 valence electrons. The van der Waals surface area contributed by atoms with E-state index in [0.29, 0.717) is 28.6 Å². The zero-order valence-corrected chi connectivity index (χ0v) is 21.1. The van der Waals surface area contributed by atoms with E-state index in [2.05, 4.69) is 43.0 Å².